The predicted octanol–water partition coefficient (Wildman–Crippen LogP) is 1.72. The van der Waals surface area contributed by atoms with Gasteiger partial charge in [-0.15, -0.1) is 0 Å². The zero-order valence-electron chi connectivity index (χ0n) is 16.4. The second kappa shape index (κ2) is 9.59. The monoisotopic (exact) mass is 474 g/mol. The summed E-state index contributed by atoms with van der Waals surface area (Å²) in [6.07, 6.45) is 6.64. The van der Waals surface area contributed by atoms with Gasteiger partial charge in [0.05, 0.1) is 13.7 Å². The van der Waals surface area contributed by atoms with Gasteiger partial charge in [0.25, 0.3) is 5.82 Å². The minimum absolute atomic E-state index is 0. The molecule has 0 bridgehead atoms. The summed E-state index contributed by atoms with van der Waals surface area (Å²) < 4.78 is 9.69. The third kappa shape index (κ3) is 4.73. The van der Waals surface area contributed by atoms with Crippen LogP contribution in [0.4, 0.5) is 0 Å². The normalized spacial score (nSPS) is 13.2. The van der Waals surface area contributed by atoms with Crippen LogP contribution in [0.2, 0.25) is 5.02 Å². The highest BCUT2D eigenvalue weighted by Crippen LogP contribution is 2.25. The maximum atomic E-state index is 12.9. The van der Waals surface area contributed by atoms with Crippen LogP contribution in [-0.2, 0) is 19.5 Å². The van der Waals surface area contributed by atoms with Crippen LogP contribution in [0, 0.1) is 0 Å². The number of imidazole rings is 1. The molecule has 3 aromatic rings. The third-order valence-electron chi connectivity index (χ3n) is 5.36. The first-order valence-corrected chi connectivity index (χ1v) is 10.1. The van der Waals surface area contributed by atoms with Gasteiger partial charge in [-0.3, -0.25) is 4.79 Å². The highest BCUT2D eigenvalue weighted by atomic mass is 79.9. The van der Waals surface area contributed by atoms with Crippen LogP contribution in [0.1, 0.15) is 35.4 Å². The number of nitrogens with zero attached hydrogens (tertiary/aromatic N) is 2. The highest BCUT2D eigenvalue weighted by Gasteiger charge is 2.27. The first-order chi connectivity index (χ1) is 13.7. The lowest BCUT2D eigenvalue weighted by Gasteiger charge is -2.04. The Balaban J connectivity index is 0.00000240. The van der Waals surface area contributed by atoms with Crippen molar-refractivity contribution in [3.8, 4) is 17.0 Å². The molecule has 0 N–H and O–H groups in total. The zero-order valence-corrected chi connectivity index (χ0v) is 18.7. The van der Waals surface area contributed by atoms with Crippen molar-refractivity contribution in [2.24, 2.45) is 0 Å². The minimum Gasteiger partial charge on any atom is -1.00 e. The molecular weight excluding hydrogens is 452 g/mol. The molecule has 4 rings (SSSR count). The lowest BCUT2D eigenvalue weighted by atomic mass is 10.1. The van der Waals surface area contributed by atoms with E-state index in [-0.39, 0.29) is 22.8 Å². The maximum Gasteiger partial charge on any atom is 0.257 e. The molecule has 0 aliphatic carbocycles. The summed E-state index contributed by atoms with van der Waals surface area (Å²) in [6, 6.07) is 15.2. The van der Waals surface area contributed by atoms with E-state index in [9.17, 15) is 4.79 Å². The molecule has 2 heterocycles. The maximum absolute atomic E-state index is 12.9. The van der Waals surface area contributed by atoms with E-state index in [2.05, 4.69) is 15.3 Å². The number of halogens is 2. The van der Waals surface area contributed by atoms with Crippen LogP contribution in [-0.4, -0.2) is 17.5 Å². The Bertz CT molecular complexity index is 981. The first-order valence-electron chi connectivity index (χ1n) is 9.71. The number of aromatic nitrogens is 2. The number of ether oxygens (including phenoxy) is 1. The quantitative estimate of drug-likeness (QED) is 0.416. The molecule has 6 heteroatoms. The summed E-state index contributed by atoms with van der Waals surface area (Å²) in [5.74, 6) is 2.09. The Morgan fingerprint density at radius 3 is 2.48 bits per heavy atom. The van der Waals surface area contributed by atoms with Crippen molar-refractivity contribution >= 4 is 17.4 Å². The van der Waals surface area contributed by atoms with Gasteiger partial charge < -0.3 is 21.7 Å². The lowest BCUT2D eigenvalue weighted by Crippen LogP contribution is -3.00. The third-order valence-corrected chi connectivity index (χ3v) is 5.61. The van der Waals surface area contributed by atoms with Crippen LogP contribution in [0.3, 0.4) is 0 Å². The molecule has 29 heavy (non-hydrogen) atoms. The molecule has 0 saturated carbocycles. The Kier molecular flexibility index (Phi) is 7.14. The number of ketones is 1. The molecule has 1 aliphatic heterocycles. The molecule has 1 aromatic heterocycles. The smallest absolute Gasteiger partial charge is 0.257 e. The van der Waals surface area contributed by atoms with E-state index in [1.54, 1.807) is 7.11 Å². The first kappa shape index (κ1) is 21.6. The molecule has 0 atom stereocenters. The van der Waals surface area contributed by atoms with Crippen molar-refractivity contribution in [1.82, 2.24) is 4.57 Å². The van der Waals surface area contributed by atoms with E-state index >= 15 is 0 Å². The molecule has 4 nitrogen and oxygen atoms in total. The predicted molar refractivity (Wildman–Crippen MR) is 110 cm³/mol. The number of methoxy groups -OCH3 is 1. The molecule has 1 aliphatic rings. The Morgan fingerprint density at radius 2 is 1.79 bits per heavy atom. The number of benzene rings is 2. The van der Waals surface area contributed by atoms with E-state index < -0.39 is 0 Å². The summed E-state index contributed by atoms with van der Waals surface area (Å²) in [5, 5.41) is 0.731. The molecule has 2 aromatic carbocycles. The number of hydrogen-bond donors (Lipinski definition) is 0. The van der Waals surface area contributed by atoms with Crippen LogP contribution in [0.25, 0.3) is 11.3 Å². The van der Waals surface area contributed by atoms with Gasteiger partial charge in [-0.1, -0.05) is 11.6 Å². The number of fused-ring (bicyclic) bond motifs is 1. The molecule has 0 spiro atoms. The van der Waals surface area contributed by atoms with Gasteiger partial charge in [-0.05, 0) is 67.8 Å². The van der Waals surface area contributed by atoms with E-state index in [1.807, 2.05) is 48.5 Å². The number of hydrogen-bond acceptors (Lipinski definition) is 2. The lowest BCUT2D eigenvalue weighted by molar-refractivity contribution is -0.690. The summed E-state index contributed by atoms with van der Waals surface area (Å²) in [7, 11) is 1.63. The molecule has 0 fully saturated rings. The topological polar surface area (TPSA) is 35.1 Å². The van der Waals surface area contributed by atoms with Crippen molar-refractivity contribution in [2.75, 3.05) is 7.11 Å². The van der Waals surface area contributed by atoms with Gasteiger partial charge in [-0.25, -0.2) is 9.13 Å². The van der Waals surface area contributed by atoms with E-state index in [0.29, 0.717) is 12.1 Å². The van der Waals surface area contributed by atoms with Gasteiger partial charge in [0.2, 0.25) is 5.78 Å². The van der Waals surface area contributed by atoms with E-state index in [0.717, 1.165) is 47.8 Å². The van der Waals surface area contributed by atoms with Crippen molar-refractivity contribution in [3.05, 3.63) is 71.1 Å². The van der Waals surface area contributed by atoms with Crippen molar-refractivity contribution in [1.29, 1.82) is 0 Å². The summed E-state index contributed by atoms with van der Waals surface area (Å²) in [4.78, 5) is 12.9. The number of rotatable bonds is 5. The average molecular weight is 476 g/mol. The fraction of sp³-hybridized carbons (Fsp3) is 0.304. The summed E-state index contributed by atoms with van der Waals surface area (Å²) in [6.45, 7) is 1.33. The molecule has 152 valence electrons. The second-order valence-electron chi connectivity index (χ2n) is 7.18. The van der Waals surface area contributed by atoms with Crippen molar-refractivity contribution < 1.29 is 31.1 Å². The molecule has 0 amide bonds. The molecule has 0 radical (unpaired) electrons. The molecule has 0 unspecified atom stereocenters. The average Bonchev–Trinajstić information content (AvgIpc) is 2.90. The minimum atomic E-state index is 0. The van der Waals surface area contributed by atoms with Gasteiger partial charge >= 0.3 is 0 Å². The summed E-state index contributed by atoms with van der Waals surface area (Å²) >= 11 is 6.07. The van der Waals surface area contributed by atoms with E-state index in [1.165, 1.54) is 12.2 Å². The standard InChI is InChI=1S/C23H24ClN2O2.BrH/c1-28-20-12-8-18(9-13-20)22(27)16-25-15-21(17-6-10-19(24)11-7-17)26-14-4-2-3-5-23(25)26;/h6-13,15H,2-5,14,16H2,1H3;1H/q+1;/p-1. The Labute approximate surface area is 186 Å². The van der Waals surface area contributed by atoms with Crippen molar-refractivity contribution in [3.63, 3.8) is 0 Å². The zero-order chi connectivity index (χ0) is 19.5. The van der Waals surface area contributed by atoms with Crippen LogP contribution >= 0.6 is 11.6 Å². The largest absolute Gasteiger partial charge is 1.00 e. The number of carbonyl (C=O) groups is 1. The van der Waals surface area contributed by atoms with Gasteiger partial charge in [0, 0.05) is 22.6 Å². The number of carbonyl (C=O) groups excluding carboxylic acids is 1. The van der Waals surface area contributed by atoms with Crippen LogP contribution in [0.15, 0.2) is 54.7 Å². The molecule has 0 saturated heterocycles. The Morgan fingerprint density at radius 1 is 1.07 bits per heavy atom. The van der Waals surface area contributed by atoms with Crippen LogP contribution in [0.5, 0.6) is 5.75 Å². The van der Waals surface area contributed by atoms with E-state index in [4.69, 9.17) is 16.3 Å². The summed E-state index contributed by atoms with van der Waals surface area (Å²) in [5.41, 5.74) is 2.98. The van der Waals surface area contributed by atoms with Gasteiger partial charge in [-0.2, -0.15) is 0 Å². The van der Waals surface area contributed by atoms with Crippen LogP contribution < -0.4 is 26.3 Å². The van der Waals surface area contributed by atoms with Gasteiger partial charge in [0.15, 0.2) is 12.2 Å². The fourth-order valence-corrected chi connectivity index (χ4v) is 3.98. The van der Waals surface area contributed by atoms with Gasteiger partial charge in [0.1, 0.15) is 11.9 Å². The highest BCUT2D eigenvalue weighted by molar-refractivity contribution is 6.30. The second-order valence-corrected chi connectivity index (χ2v) is 7.62. The van der Waals surface area contributed by atoms with Crippen molar-refractivity contribution in [2.45, 2.75) is 38.8 Å². The Hall–Kier alpha value is -2.11. The molecular formula is C23H24BrClN2O2. The SMILES string of the molecule is COc1ccc(C(=O)C[n+]2cc(-c3ccc(Cl)cc3)n3c2CCCCC3)cc1.[Br-]. The fourth-order valence-electron chi connectivity index (χ4n) is 3.85. The number of Topliss-reactive ketones (excluding diaryl/α,β-unsaturated/α-hetero) is 1.